The second kappa shape index (κ2) is 3.77. The number of fused-ring (bicyclic) bond motifs is 1. The van der Waals surface area contributed by atoms with Crippen molar-refractivity contribution in [3.05, 3.63) is 30.1 Å². The topological polar surface area (TPSA) is 45.2 Å². The number of alkyl halides is 1. The fourth-order valence-corrected chi connectivity index (χ4v) is 2.65. The molecule has 1 aromatic rings. The molecule has 5 heteroatoms. The molecule has 0 unspecified atom stereocenters. The quantitative estimate of drug-likeness (QED) is 0.804. The molecule has 2 aliphatic rings. The van der Waals surface area contributed by atoms with Crippen molar-refractivity contribution in [2.24, 2.45) is 5.92 Å². The molecule has 0 radical (unpaired) electrons. The lowest BCUT2D eigenvalue weighted by Gasteiger charge is -2.18. The van der Waals surface area contributed by atoms with Gasteiger partial charge in [-0.1, -0.05) is 6.07 Å². The minimum Gasteiger partial charge on any atom is -0.335 e. The van der Waals surface area contributed by atoms with Crippen LogP contribution < -0.4 is 5.32 Å². The summed E-state index contributed by atoms with van der Waals surface area (Å²) in [5.41, 5.74) is -0.736. The average Bonchev–Trinajstić information content (AvgIpc) is 2.80. The number of hydrogen-bond donors (Lipinski definition) is 1. The van der Waals surface area contributed by atoms with Gasteiger partial charge in [0.2, 0.25) is 5.67 Å². The van der Waals surface area contributed by atoms with Gasteiger partial charge in [0, 0.05) is 44.5 Å². The highest BCUT2D eigenvalue weighted by molar-refractivity contribution is 5.88. The van der Waals surface area contributed by atoms with Gasteiger partial charge in [-0.25, -0.2) is 4.39 Å². The van der Waals surface area contributed by atoms with Crippen LogP contribution in [0.2, 0.25) is 0 Å². The van der Waals surface area contributed by atoms with Crippen molar-refractivity contribution < 1.29 is 9.18 Å². The Kier molecular flexibility index (Phi) is 2.36. The summed E-state index contributed by atoms with van der Waals surface area (Å²) in [5.74, 6) is -0.581. The number of nitrogens with zero attached hydrogens (tertiary/aromatic N) is 2. The van der Waals surface area contributed by atoms with Crippen molar-refractivity contribution in [3.63, 3.8) is 0 Å². The summed E-state index contributed by atoms with van der Waals surface area (Å²) in [5, 5.41) is 2.94. The first kappa shape index (κ1) is 10.7. The second-order valence-corrected chi connectivity index (χ2v) is 4.74. The normalized spacial score (nSPS) is 31.9. The van der Waals surface area contributed by atoms with E-state index in [9.17, 15) is 9.18 Å². The van der Waals surface area contributed by atoms with Gasteiger partial charge in [-0.15, -0.1) is 0 Å². The van der Waals surface area contributed by atoms with E-state index in [0.717, 1.165) is 5.56 Å². The third kappa shape index (κ3) is 1.61. The number of likely N-dealkylation sites (tertiary alicyclic amines) is 1. The summed E-state index contributed by atoms with van der Waals surface area (Å²) in [6, 6.07) is 3.72. The van der Waals surface area contributed by atoms with Crippen LogP contribution in [0.25, 0.3) is 0 Å². The molecule has 0 saturated carbocycles. The van der Waals surface area contributed by atoms with Gasteiger partial charge in [0.15, 0.2) is 0 Å². The van der Waals surface area contributed by atoms with Crippen LogP contribution in [-0.2, 0) is 11.3 Å². The van der Waals surface area contributed by atoms with E-state index in [1.807, 2.05) is 12.1 Å². The Bertz CT molecular complexity index is 439. The van der Waals surface area contributed by atoms with E-state index < -0.39 is 5.67 Å². The van der Waals surface area contributed by atoms with Gasteiger partial charge in [0.25, 0.3) is 5.91 Å². The van der Waals surface area contributed by atoms with E-state index in [1.165, 1.54) is 0 Å². The number of carbonyl (C=O) groups is 1. The lowest BCUT2D eigenvalue weighted by Crippen LogP contribution is -2.40. The Morgan fingerprint density at radius 3 is 3.24 bits per heavy atom. The number of amides is 1. The summed E-state index contributed by atoms with van der Waals surface area (Å²) >= 11 is 0. The molecule has 3 rings (SSSR count). The van der Waals surface area contributed by atoms with Crippen LogP contribution in [0.5, 0.6) is 0 Å². The highest BCUT2D eigenvalue weighted by Gasteiger charge is 2.57. The highest BCUT2D eigenvalue weighted by atomic mass is 19.1. The van der Waals surface area contributed by atoms with Crippen molar-refractivity contribution in [1.82, 2.24) is 15.2 Å². The minimum absolute atomic E-state index is 0.153. The van der Waals surface area contributed by atoms with Gasteiger partial charge in [0.1, 0.15) is 0 Å². The lowest BCUT2D eigenvalue weighted by molar-refractivity contribution is -0.137. The van der Waals surface area contributed by atoms with Crippen molar-refractivity contribution in [3.8, 4) is 0 Å². The molecular weight excluding hydrogens is 221 g/mol. The van der Waals surface area contributed by atoms with Crippen molar-refractivity contribution in [2.75, 3.05) is 19.6 Å². The van der Waals surface area contributed by atoms with E-state index in [0.29, 0.717) is 19.6 Å². The predicted octanol–water partition coefficient (Wildman–Crippen LogP) is 0.351. The molecule has 1 amide bonds. The molecule has 90 valence electrons. The summed E-state index contributed by atoms with van der Waals surface area (Å²) in [7, 11) is 0. The molecule has 0 aromatic carbocycles. The first-order chi connectivity index (χ1) is 8.20. The molecule has 2 fully saturated rings. The third-order valence-electron chi connectivity index (χ3n) is 3.60. The Balaban J connectivity index is 1.77. The Morgan fingerprint density at radius 2 is 2.53 bits per heavy atom. The van der Waals surface area contributed by atoms with E-state index in [1.54, 1.807) is 17.3 Å². The van der Waals surface area contributed by atoms with E-state index in [4.69, 9.17) is 0 Å². The first-order valence-electron chi connectivity index (χ1n) is 5.78. The van der Waals surface area contributed by atoms with Crippen LogP contribution in [0.15, 0.2) is 24.5 Å². The first-order valence-corrected chi connectivity index (χ1v) is 5.78. The zero-order valence-electron chi connectivity index (χ0n) is 9.40. The lowest BCUT2D eigenvalue weighted by atomic mass is 9.97. The molecule has 0 bridgehead atoms. The Hall–Kier alpha value is -1.49. The SMILES string of the molecule is O=C1N(Cc2cccnc2)C[C@@H]2CNC[C@]12F. The minimum atomic E-state index is -1.68. The third-order valence-corrected chi connectivity index (χ3v) is 3.60. The smallest absolute Gasteiger partial charge is 0.262 e. The maximum absolute atomic E-state index is 14.4. The predicted molar refractivity (Wildman–Crippen MR) is 59.9 cm³/mol. The monoisotopic (exact) mass is 235 g/mol. The zero-order chi connectivity index (χ0) is 11.9. The summed E-state index contributed by atoms with van der Waals surface area (Å²) in [4.78, 5) is 17.6. The van der Waals surface area contributed by atoms with E-state index in [-0.39, 0.29) is 18.4 Å². The summed E-state index contributed by atoms with van der Waals surface area (Å²) < 4.78 is 14.4. The van der Waals surface area contributed by atoms with Crippen LogP contribution in [0, 0.1) is 5.92 Å². The number of rotatable bonds is 2. The van der Waals surface area contributed by atoms with E-state index >= 15 is 0 Å². The van der Waals surface area contributed by atoms with Crippen LogP contribution in [0.4, 0.5) is 4.39 Å². The summed E-state index contributed by atoms with van der Waals surface area (Å²) in [6.07, 6.45) is 3.40. The Labute approximate surface area is 98.8 Å². The number of nitrogens with one attached hydrogen (secondary N) is 1. The number of carbonyl (C=O) groups excluding carboxylic acids is 1. The maximum Gasteiger partial charge on any atom is 0.262 e. The molecule has 1 aromatic heterocycles. The van der Waals surface area contributed by atoms with Gasteiger partial charge < -0.3 is 10.2 Å². The largest absolute Gasteiger partial charge is 0.335 e. The molecule has 2 saturated heterocycles. The van der Waals surface area contributed by atoms with Gasteiger partial charge in [0.05, 0.1) is 0 Å². The van der Waals surface area contributed by atoms with Gasteiger partial charge in [-0.05, 0) is 11.6 Å². The fourth-order valence-electron chi connectivity index (χ4n) is 2.65. The number of aromatic nitrogens is 1. The van der Waals surface area contributed by atoms with Crippen molar-refractivity contribution in [2.45, 2.75) is 12.2 Å². The van der Waals surface area contributed by atoms with Crippen LogP contribution >= 0.6 is 0 Å². The molecule has 4 nitrogen and oxygen atoms in total. The maximum atomic E-state index is 14.4. The number of pyridine rings is 1. The van der Waals surface area contributed by atoms with Crippen LogP contribution in [0.3, 0.4) is 0 Å². The van der Waals surface area contributed by atoms with Crippen LogP contribution in [0.1, 0.15) is 5.56 Å². The fraction of sp³-hybridized carbons (Fsp3) is 0.500. The van der Waals surface area contributed by atoms with Gasteiger partial charge in [-0.2, -0.15) is 0 Å². The van der Waals surface area contributed by atoms with Crippen molar-refractivity contribution >= 4 is 5.91 Å². The Morgan fingerprint density at radius 1 is 1.65 bits per heavy atom. The molecular formula is C12H14FN3O. The average molecular weight is 235 g/mol. The molecule has 17 heavy (non-hydrogen) atoms. The standard InChI is InChI=1S/C12H14FN3O/c13-12-8-15-5-10(12)7-16(11(12)17)6-9-2-1-3-14-4-9/h1-4,10,15H,5-8H2/t10-,12+/m0/s1. The van der Waals surface area contributed by atoms with Crippen molar-refractivity contribution in [1.29, 1.82) is 0 Å². The molecule has 0 spiro atoms. The number of hydrogen-bond acceptors (Lipinski definition) is 3. The molecule has 2 aliphatic heterocycles. The van der Waals surface area contributed by atoms with Crippen LogP contribution in [-0.4, -0.2) is 41.1 Å². The molecule has 1 N–H and O–H groups in total. The van der Waals surface area contributed by atoms with E-state index in [2.05, 4.69) is 10.3 Å². The highest BCUT2D eigenvalue weighted by Crippen LogP contribution is 2.36. The van der Waals surface area contributed by atoms with Gasteiger partial charge in [-0.3, -0.25) is 9.78 Å². The molecule has 0 aliphatic carbocycles. The second-order valence-electron chi connectivity index (χ2n) is 4.74. The molecule has 3 heterocycles. The zero-order valence-corrected chi connectivity index (χ0v) is 9.40. The number of halogens is 1. The van der Waals surface area contributed by atoms with Gasteiger partial charge >= 0.3 is 0 Å². The summed E-state index contributed by atoms with van der Waals surface area (Å²) in [6.45, 7) is 1.69. The molecule has 2 atom stereocenters.